The van der Waals surface area contributed by atoms with Gasteiger partial charge in [0.05, 0.1) is 11.5 Å². The topological polar surface area (TPSA) is 84.3 Å². The number of azide groups is 1. The Balaban J connectivity index is 4.86. The Labute approximate surface area is 223 Å². The van der Waals surface area contributed by atoms with E-state index in [-0.39, 0.29) is 17.6 Å². The summed E-state index contributed by atoms with van der Waals surface area (Å²) in [4.78, 5) is 15.4. The van der Waals surface area contributed by atoms with Gasteiger partial charge < -0.3 is 9.16 Å². The zero-order valence-corrected chi connectivity index (χ0v) is 26.1. The maximum atomic E-state index is 12.3. The molecule has 210 valence electrons. The predicted octanol–water partition coefficient (Wildman–Crippen LogP) is 9.90. The van der Waals surface area contributed by atoms with E-state index in [4.69, 9.17) is 9.16 Å². The summed E-state index contributed by atoms with van der Waals surface area (Å²) in [5, 5.41) is 3.99. The van der Waals surface area contributed by atoms with Crippen LogP contribution in [0.2, 0.25) is 18.1 Å². The van der Waals surface area contributed by atoms with Gasteiger partial charge in [-0.2, -0.15) is 0 Å². The van der Waals surface area contributed by atoms with E-state index in [1.165, 1.54) is 64.2 Å². The zero-order valence-electron chi connectivity index (χ0n) is 25.1. The number of carbonyl (C=O) groups excluding carboxylic acids is 1. The van der Waals surface area contributed by atoms with Crippen LogP contribution in [0.5, 0.6) is 0 Å². The lowest BCUT2D eigenvalue weighted by Crippen LogP contribution is -2.47. The third-order valence-corrected chi connectivity index (χ3v) is 11.6. The van der Waals surface area contributed by atoms with E-state index >= 15 is 0 Å². The summed E-state index contributed by atoms with van der Waals surface area (Å²) < 4.78 is 12.2. The Hall–Kier alpha value is -1.30. The lowest BCUT2D eigenvalue weighted by atomic mass is 9.97. The Morgan fingerprint density at radius 2 is 1.42 bits per heavy atom. The second-order valence-corrected chi connectivity index (χ2v) is 17.5. The number of hydrogen-bond acceptors (Lipinski definition) is 4. The average Bonchev–Trinajstić information content (AvgIpc) is 2.77. The van der Waals surface area contributed by atoms with Crippen LogP contribution in [0.1, 0.15) is 126 Å². The van der Waals surface area contributed by atoms with Crippen molar-refractivity contribution < 1.29 is 14.0 Å². The molecule has 0 bridgehead atoms. The standard InChI is InChI=1S/C29H57N3O3Si/c1-10-11-12-13-14-15-16-17-18-19-20-21-22-23-26(35-36(8,9)29(5,6)7)25(31-32-30)24-34-27(33)28(2,3)4/h22-23,25-26H,10-21,24H2,1-9H3. The van der Waals surface area contributed by atoms with Crippen molar-refractivity contribution in [2.24, 2.45) is 10.5 Å². The SMILES string of the molecule is CCCCCCCCCCCCCC=CC(O[Si](C)(C)C(C)(C)C)C(COC(=O)C(C)(C)C)N=[N+]=[N-]. The molecule has 6 nitrogen and oxygen atoms in total. The average molecular weight is 524 g/mol. The van der Waals surface area contributed by atoms with Crippen LogP contribution in [0.3, 0.4) is 0 Å². The van der Waals surface area contributed by atoms with E-state index in [9.17, 15) is 10.3 Å². The molecule has 0 aromatic rings. The first kappa shape index (κ1) is 34.7. The Morgan fingerprint density at radius 3 is 1.86 bits per heavy atom. The first-order chi connectivity index (χ1) is 16.8. The molecule has 0 N–H and O–H groups in total. The number of rotatable bonds is 19. The van der Waals surface area contributed by atoms with Crippen LogP contribution in [0.25, 0.3) is 10.4 Å². The minimum Gasteiger partial charge on any atom is -0.465 e. The van der Waals surface area contributed by atoms with Gasteiger partial charge in [-0.05, 0) is 57.3 Å². The molecule has 36 heavy (non-hydrogen) atoms. The summed E-state index contributed by atoms with van der Waals surface area (Å²) in [5.41, 5.74) is 8.59. The zero-order chi connectivity index (χ0) is 27.7. The van der Waals surface area contributed by atoms with Gasteiger partial charge >= 0.3 is 5.97 Å². The first-order valence-corrected chi connectivity index (χ1v) is 17.2. The molecule has 0 aromatic heterocycles. The molecule has 2 unspecified atom stereocenters. The Morgan fingerprint density at radius 1 is 0.917 bits per heavy atom. The third kappa shape index (κ3) is 15.7. The number of ether oxygens (including phenoxy) is 1. The summed E-state index contributed by atoms with van der Waals surface area (Å²) in [6, 6.07) is -0.594. The van der Waals surface area contributed by atoms with Crippen LogP contribution in [0.15, 0.2) is 17.3 Å². The van der Waals surface area contributed by atoms with Crippen molar-refractivity contribution in [3.63, 3.8) is 0 Å². The molecule has 0 saturated carbocycles. The molecule has 0 saturated heterocycles. The van der Waals surface area contributed by atoms with Gasteiger partial charge in [0.15, 0.2) is 8.32 Å². The van der Waals surface area contributed by atoms with Crippen molar-refractivity contribution in [2.75, 3.05) is 6.61 Å². The van der Waals surface area contributed by atoms with E-state index in [0.29, 0.717) is 0 Å². The summed E-state index contributed by atoms with van der Waals surface area (Å²) in [5.74, 6) is -0.309. The molecular formula is C29H57N3O3Si. The molecule has 0 aromatic carbocycles. The molecule has 0 aliphatic heterocycles. The number of carbonyl (C=O) groups is 1. The van der Waals surface area contributed by atoms with E-state index < -0.39 is 25.9 Å². The summed E-state index contributed by atoms with van der Waals surface area (Å²) in [6.07, 6.45) is 19.3. The predicted molar refractivity (Wildman–Crippen MR) is 156 cm³/mol. The van der Waals surface area contributed by atoms with Gasteiger partial charge in [-0.3, -0.25) is 4.79 Å². The van der Waals surface area contributed by atoms with Crippen LogP contribution < -0.4 is 0 Å². The van der Waals surface area contributed by atoms with Crippen LogP contribution in [-0.4, -0.2) is 33.0 Å². The molecule has 0 rings (SSSR count). The quantitative estimate of drug-likeness (QED) is 0.0321. The second-order valence-electron chi connectivity index (χ2n) is 12.7. The fourth-order valence-electron chi connectivity index (χ4n) is 3.56. The highest BCUT2D eigenvalue weighted by Gasteiger charge is 2.40. The van der Waals surface area contributed by atoms with Crippen LogP contribution in [0, 0.1) is 5.41 Å². The number of esters is 1. The Bertz CT molecular complexity index is 674. The van der Waals surface area contributed by atoms with E-state index in [1.54, 1.807) is 0 Å². The maximum absolute atomic E-state index is 12.3. The highest BCUT2D eigenvalue weighted by atomic mass is 28.4. The minimum absolute atomic E-state index is 0.0120. The molecule has 7 heteroatoms. The number of nitrogens with zero attached hydrogens (tertiary/aromatic N) is 3. The molecule has 0 aliphatic carbocycles. The summed E-state index contributed by atoms with van der Waals surface area (Å²) >= 11 is 0. The smallest absolute Gasteiger partial charge is 0.311 e. The largest absolute Gasteiger partial charge is 0.465 e. The van der Waals surface area contributed by atoms with Crippen molar-refractivity contribution >= 4 is 14.3 Å². The van der Waals surface area contributed by atoms with Crippen LogP contribution in [0.4, 0.5) is 0 Å². The van der Waals surface area contributed by atoms with Gasteiger partial charge in [-0.15, -0.1) is 0 Å². The van der Waals surface area contributed by atoms with Crippen molar-refractivity contribution in [3.05, 3.63) is 22.6 Å². The maximum Gasteiger partial charge on any atom is 0.311 e. The number of hydrogen-bond donors (Lipinski definition) is 0. The second kappa shape index (κ2) is 18.0. The van der Waals surface area contributed by atoms with E-state index in [1.807, 2.05) is 26.8 Å². The number of allylic oxidation sites excluding steroid dienone is 1. The fourth-order valence-corrected chi connectivity index (χ4v) is 4.83. The lowest BCUT2D eigenvalue weighted by molar-refractivity contribution is -0.153. The van der Waals surface area contributed by atoms with Crippen LogP contribution >= 0.6 is 0 Å². The van der Waals surface area contributed by atoms with Gasteiger partial charge in [0, 0.05) is 4.91 Å². The Kier molecular flexibility index (Phi) is 17.4. The van der Waals surface area contributed by atoms with Gasteiger partial charge in [-0.25, -0.2) is 0 Å². The van der Waals surface area contributed by atoms with Gasteiger partial charge in [0.2, 0.25) is 0 Å². The normalized spacial score (nSPS) is 14.5. The van der Waals surface area contributed by atoms with Crippen LogP contribution in [-0.2, 0) is 14.0 Å². The molecule has 0 amide bonds. The van der Waals surface area contributed by atoms with Crippen molar-refractivity contribution in [1.82, 2.24) is 0 Å². The van der Waals surface area contributed by atoms with Crippen molar-refractivity contribution in [2.45, 2.75) is 156 Å². The van der Waals surface area contributed by atoms with E-state index in [0.717, 1.165) is 12.8 Å². The van der Waals surface area contributed by atoms with Gasteiger partial charge in [0.1, 0.15) is 12.6 Å². The molecule has 0 heterocycles. The lowest BCUT2D eigenvalue weighted by Gasteiger charge is -2.40. The third-order valence-electron chi connectivity index (χ3n) is 7.11. The highest BCUT2D eigenvalue weighted by Crippen LogP contribution is 2.38. The number of unbranched alkanes of at least 4 members (excludes halogenated alkanes) is 11. The summed E-state index contributed by atoms with van der Waals surface area (Å²) in [7, 11) is -2.13. The molecule has 2 atom stereocenters. The molecule has 0 aliphatic rings. The molecule has 0 fully saturated rings. The fraction of sp³-hybridized carbons (Fsp3) is 0.897. The van der Waals surface area contributed by atoms with Gasteiger partial charge in [0.25, 0.3) is 0 Å². The van der Waals surface area contributed by atoms with E-state index in [2.05, 4.69) is 56.9 Å². The summed E-state index contributed by atoms with van der Waals surface area (Å²) in [6.45, 7) is 18.7. The molecule has 0 spiro atoms. The van der Waals surface area contributed by atoms with Crippen molar-refractivity contribution in [3.8, 4) is 0 Å². The molecule has 0 radical (unpaired) electrons. The highest BCUT2D eigenvalue weighted by molar-refractivity contribution is 6.74. The first-order valence-electron chi connectivity index (χ1n) is 14.3. The monoisotopic (exact) mass is 523 g/mol. The van der Waals surface area contributed by atoms with Crippen molar-refractivity contribution in [1.29, 1.82) is 0 Å². The minimum atomic E-state index is -2.13. The molecular weight excluding hydrogens is 466 g/mol. The van der Waals surface area contributed by atoms with Gasteiger partial charge in [-0.1, -0.05) is 109 Å².